The molecule has 0 fully saturated rings. The molecule has 4 rings (SSSR count). The van der Waals surface area contributed by atoms with Gasteiger partial charge in [0.05, 0.1) is 16.1 Å². The summed E-state index contributed by atoms with van der Waals surface area (Å²) in [5, 5.41) is 10.6. The Balaban J connectivity index is 1.61. The third kappa shape index (κ3) is 13.0. The standard InChI is InChI=1S/C43H57N3O12S3/c1-31-20-22-36-34(28-31)42(3,4)38(45(36)25-14-18-40(47)44-30-32(2)60(53,54)55)16-10-7-6-8-11-17-39-43(5,24-13-9-12-19-41(48)49)35-29-33(61(56,57)58)21-23-37(35)46(39)26-15-27-59(50,51)52/h6-8,10-11,16-17,20-23,28-29,32H,9,12-15,18-19,24-27,30H2,1-5H3,(H4-,44,47,48,49,50,51,52,53,54,55,56,57,58)/p+1. The van der Waals surface area contributed by atoms with Crippen molar-refractivity contribution >= 4 is 59.3 Å². The number of allylic oxidation sites excluding steroid dienone is 8. The number of carboxylic acids is 1. The zero-order valence-corrected chi connectivity index (χ0v) is 37.7. The average molecular weight is 905 g/mol. The first kappa shape index (κ1) is 49.2. The minimum Gasteiger partial charge on any atom is -0.481 e. The molecule has 0 aromatic heterocycles. The van der Waals surface area contributed by atoms with Gasteiger partial charge >= 0.3 is 5.97 Å². The summed E-state index contributed by atoms with van der Waals surface area (Å²) >= 11 is 0. The molecule has 0 spiro atoms. The second kappa shape index (κ2) is 20.2. The summed E-state index contributed by atoms with van der Waals surface area (Å²) in [4.78, 5) is 25.3. The summed E-state index contributed by atoms with van der Waals surface area (Å²) in [6.45, 7) is 10.0. The third-order valence-corrected chi connectivity index (χ3v) is 14.1. The fourth-order valence-corrected chi connectivity index (χ4v) is 9.19. The minimum absolute atomic E-state index is 0.0117. The average Bonchev–Trinajstić information content (AvgIpc) is 3.50. The quantitative estimate of drug-likeness (QED) is 0.0371. The number of benzene rings is 2. The number of carboxylic acid groups (broad SMARTS) is 1. The highest BCUT2D eigenvalue weighted by molar-refractivity contribution is 7.86. The van der Waals surface area contributed by atoms with E-state index in [9.17, 15) is 48.5 Å². The van der Waals surface area contributed by atoms with Gasteiger partial charge in [-0.25, -0.2) is 0 Å². The molecule has 2 unspecified atom stereocenters. The Hall–Kier alpha value is -4.46. The number of rotatable bonds is 22. The summed E-state index contributed by atoms with van der Waals surface area (Å²) in [7, 11) is -13.1. The zero-order chi connectivity index (χ0) is 45.4. The van der Waals surface area contributed by atoms with Gasteiger partial charge in [0.1, 0.15) is 11.8 Å². The van der Waals surface area contributed by atoms with Gasteiger partial charge in [-0.05, 0) is 89.8 Å². The van der Waals surface area contributed by atoms with E-state index in [0.717, 1.165) is 28.2 Å². The van der Waals surface area contributed by atoms with Crippen molar-refractivity contribution in [3.63, 3.8) is 0 Å². The molecule has 61 heavy (non-hydrogen) atoms. The lowest BCUT2D eigenvalue weighted by molar-refractivity contribution is -0.438. The van der Waals surface area contributed by atoms with Crippen molar-refractivity contribution < 1.29 is 58.2 Å². The van der Waals surface area contributed by atoms with Gasteiger partial charge in [-0.15, -0.1) is 0 Å². The van der Waals surface area contributed by atoms with Crippen molar-refractivity contribution in [2.24, 2.45) is 0 Å². The van der Waals surface area contributed by atoms with E-state index in [4.69, 9.17) is 5.11 Å². The molecule has 5 N–H and O–H groups in total. The van der Waals surface area contributed by atoms with Gasteiger partial charge < -0.3 is 15.3 Å². The molecule has 0 saturated heterocycles. The van der Waals surface area contributed by atoms with E-state index >= 15 is 0 Å². The molecular formula is C43H58N3O12S3+. The van der Waals surface area contributed by atoms with E-state index in [1.807, 2.05) is 67.3 Å². The number of hydrogen-bond donors (Lipinski definition) is 5. The molecule has 1 amide bonds. The van der Waals surface area contributed by atoms with Crippen LogP contribution >= 0.6 is 0 Å². The normalized spacial score (nSPS) is 19.1. The van der Waals surface area contributed by atoms with Gasteiger partial charge in [-0.1, -0.05) is 54.9 Å². The van der Waals surface area contributed by atoms with Crippen LogP contribution in [-0.2, 0) is 50.8 Å². The predicted molar refractivity (Wildman–Crippen MR) is 235 cm³/mol. The monoisotopic (exact) mass is 904 g/mol. The van der Waals surface area contributed by atoms with Crippen molar-refractivity contribution in [3.8, 4) is 0 Å². The maximum absolute atomic E-state index is 12.5. The van der Waals surface area contributed by atoms with Crippen LogP contribution in [0.2, 0.25) is 0 Å². The number of nitrogens with zero attached hydrogens (tertiary/aromatic N) is 2. The molecular weight excluding hydrogens is 847 g/mol. The number of nitrogens with one attached hydrogen (secondary N) is 1. The van der Waals surface area contributed by atoms with Crippen LogP contribution in [0.1, 0.15) is 95.8 Å². The van der Waals surface area contributed by atoms with Crippen LogP contribution in [0.5, 0.6) is 0 Å². The van der Waals surface area contributed by atoms with Gasteiger partial charge in [0.15, 0.2) is 5.71 Å². The number of carbonyl (C=O) groups is 2. The minimum atomic E-state index is -4.56. The number of hydrogen-bond acceptors (Lipinski definition) is 9. The highest BCUT2D eigenvalue weighted by atomic mass is 32.2. The number of fused-ring (bicyclic) bond motifs is 2. The summed E-state index contributed by atoms with van der Waals surface area (Å²) in [6.07, 6.45) is 16.0. The van der Waals surface area contributed by atoms with Gasteiger partial charge in [-0.3, -0.25) is 23.2 Å². The first-order valence-corrected chi connectivity index (χ1v) is 24.7. The highest BCUT2D eigenvalue weighted by Crippen LogP contribution is 2.51. The highest BCUT2D eigenvalue weighted by Gasteiger charge is 2.45. The van der Waals surface area contributed by atoms with Gasteiger partial charge in [0, 0.05) is 66.9 Å². The fraction of sp³-hybridized carbons (Fsp3) is 0.465. The molecule has 2 aromatic carbocycles. The molecule has 15 nitrogen and oxygen atoms in total. The largest absolute Gasteiger partial charge is 0.481 e. The van der Waals surface area contributed by atoms with E-state index in [1.165, 1.54) is 19.1 Å². The van der Waals surface area contributed by atoms with E-state index in [0.29, 0.717) is 49.9 Å². The zero-order valence-electron chi connectivity index (χ0n) is 35.2. The van der Waals surface area contributed by atoms with Gasteiger partial charge in [0.25, 0.3) is 30.4 Å². The number of aryl methyl sites for hydroxylation is 1. The van der Waals surface area contributed by atoms with E-state index < -0.39 is 52.7 Å². The number of anilines is 1. The van der Waals surface area contributed by atoms with Crippen molar-refractivity contribution in [1.29, 1.82) is 0 Å². The number of aliphatic carboxylic acids is 1. The molecule has 18 heteroatoms. The van der Waals surface area contributed by atoms with Crippen LogP contribution in [0.15, 0.2) is 89.5 Å². The Labute approximate surface area is 359 Å². The Kier molecular flexibility index (Phi) is 16.3. The molecule has 2 atom stereocenters. The van der Waals surface area contributed by atoms with E-state index in [-0.39, 0.29) is 48.6 Å². The van der Waals surface area contributed by atoms with E-state index in [1.54, 1.807) is 6.07 Å². The Bertz CT molecular complexity index is 2470. The lowest BCUT2D eigenvalue weighted by Crippen LogP contribution is -2.35. The second-order valence-electron chi connectivity index (χ2n) is 16.3. The third-order valence-electron chi connectivity index (χ3n) is 11.2. The van der Waals surface area contributed by atoms with Gasteiger partial charge in [-0.2, -0.15) is 29.8 Å². The molecule has 2 aliphatic heterocycles. The SMILES string of the molecule is Cc1ccc2c(c1)C(C)(C)C(C=CC=CC=CC=C1N(CCCS(=O)(=O)O)c3ccc(S(=O)(=O)O)cc3C1(C)CCCCCC(=O)O)=[N+]2CCCC(=O)NCC(C)S(=O)(=O)O. The van der Waals surface area contributed by atoms with Gasteiger partial charge in [0.2, 0.25) is 11.6 Å². The van der Waals surface area contributed by atoms with Crippen LogP contribution in [0.25, 0.3) is 0 Å². The maximum atomic E-state index is 12.5. The van der Waals surface area contributed by atoms with E-state index in [2.05, 4.69) is 35.9 Å². The van der Waals surface area contributed by atoms with Crippen LogP contribution in [0, 0.1) is 6.92 Å². The van der Waals surface area contributed by atoms with Crippen molar-refractivity contribution in [2.45, 2.75) is 107 Å². The van der Waals surface area contributed by atoms with Crippen LogP contribution in [0.4, 0.5) is 11.4 Å². The van der Waals surface area contributed by atoms with Crippen molar-refractivity contribution in [3.05, 3.63) is 101 Å². The molecule has 334 valence electrons. The fourth-order valence-electron chi connectivity index (χ4n) is 7.90. The Morgan fingerprint density at radius 3 is 2.18 bits per heavy atom. The lowest BCUT2D eigenvalue weighted by atomic mass is 9.77. The topological polar surface area (TPSA) is 236 Å². The Morgan fingerprint density at radius 1 is 0.836 bits per heavy atom. The number of carbonyl (C=O) groups excluding carboxylic acids is 1. The summed E-state index contributed by atoms with van der Waals surface area (Å²) in [6, 6.07) is 10.5. The molecule has 0 aliphatic carbocycles. The summed E-state index contributed by atoms with van der Waals surface area (Å²) in [5.74, 6) is -1.71. The van der Waals surface area contributed by atoms with Crippen LogP contribution in [-0.4, -0.2) is 96.8 Å². The van der Waals surface area contributed by atoms with Crippen molar-refractivity contribution in [1.82, 2.24) is 5.32 Å². The number of amides is 1. The summed E-state index contributed by atoms with van der Waals surface area (Å²) in [5.41, 5.74) is 5.07. The lowest BCUT2D eigenvalue weighted by Gasteiger charge is -2.30. The molecule has 2 heterocycles. The molecule has 0 bridgehead atoms. The Morgan fingerprint density at radius 2 is 1.52 bits per heavy atom. The maximum Gasteiger partial charge on any atom is 0.303 e. The first-order chi connectivity index (χ1) is 28.4. The molecule has 2 aromatic rings. The second-order valence-corrected chi connectivity index (χ2v) is 21.2. The first-order valence-electron chi connectivity index (χ1n) is 20.1. The van der Waals surface area contributed by atoms with Crippen LogP contribution < -0.4 is 10.2 Å². The smallest absolute Gasteiger partial charge is 0.303 e. The van der Waals surface area contributed by atoms with Crippen LogP contribution in [0.3, 0.4) is 0 Å². The predicted octanol–water partition coefficient (Wildman–Crippen LogP) is 6.43. The molecule has 2 aliphatic rings. The molecule has 0 saturated carbocycles. The van der Waals surface area contributed by atoms with Crippen molar-refractivity contribution in [2.75, 3.05) is 30.3 Å². The molecule has 0 radical (unpaired) electrons. The number of unbranched alkanes of at least 4 members (excludes halogenated alkanes) is 2. The summed E-state index contributed by atoms with van der Waals surface area (Å²) < 4.78 is 101.